The molecule has 1 aromatic carbocycles. The molecule has 8 aromatic heterocycles. The molecular formula is C62H73F3N12O7S. The molecule has 0 bridgehead atoms. The van der Waals surface area contributed by atoms with Crippen molar-refractivity contribution in [2.75, 3.05) is 16.0 Å². The number of aliphatic hydroxyl groups is 3. The average molecular weight is 1190 g/mol. The van der Waals surface area contributed by atoms with E-state index in [1.165, 1.54) is 23.7 Å². The Balaban J connectivity index is 0.000000154. The fourth-order valence-electron chi connectivity index (χ4n) is 10.3. The number of aryl methyl sites for hydroxylation is 2. The minimum absolute atomic E-state index is 0.0483. The molecule has 9 aromatic rings. The highest BCUT2D eigenvalue weighted by Gasteiger charge is 2.42. The molecule has 0 spiro atoms. The van der Waals surface area contributed by atoms with Crippen molar-refractivity contribution in [3.05, 3.63) is 135 Å². The summed E-state index contributed by atoms with van der Waals surface area (Å²) in [6, 6.07) is 24.8. The zero-order valence-electron chi connectivity index (χ0n) is 49.6. The fraction of sp³-hybridized carbons (Fsp3) is 0.435. The van der Waals surface area contributed by atoms with Crippen LogP contribution in [0.5, 0.6) is 0 Å². The third kappa shape index (κ3) is 14.1. The minimum Gasteiger partial charge on any atom is -0.466 e. The van der Waals surface area contributed by atoms with E-state index in [0.29, 0.717) is 52.7 Å². The number of alkyl halides is 3. The third-order valence-electron chi connectivity index (χ3n) is 14.8. The molecule has 3 atom stereocenters. The Kier molecular flexibility index (Phi) is 17.1. The Hall–Kier alpha value is -7.86. The van der Waals surface area contributed by atoms with Crippen LogP contribution in [0.1, 0.15) is 164 Å². The van der Waals surface area contributed by atoms with Crippen LogP contribution in [0.2, 0.25) is 0 Å². The first-order valence-electron chi connectivity index (χ1n) is 28.2. The van der Waals surface area contributed by atoms with Gasteiger partial charge in [0, 0.05) is 33.4 Å². The van der Waals surface area contributed by atoms with Crippen molar-refractivity contribution in [2.45, 2.75) is 174 Å². The van der Waals surface area contributed by atoms with Crippen LogP contribution in [0, 0.1) is 13.8 Å². The number of pyridine rings is 3. The number of carbonyl (C=O) groups excluding carboxylic acids is 3. The van der Waals surface area contributed by atoms with Crippen LogP contribution in [0.4, 0.5) is 31.0 Å². The molecule has 0 radical (unpaired) electrons. The smallest absolute Gasteiger partial charge is 0.433 e. The quantitative estimate of drug-likeness (QED) is 0.0593. The van der Waals surface area contributed by atoms with E-state index in [1.807, 2.05) is 112 Å². The monoisotopic (exact) mass is 1190 g/mol. The van der Waals surface area contributed by atoms with E-state index in [-0.39, 0.29) is 71.3 Å². The van der Waals surface area contributed by atoms with Gasteiger partial charge in [-0.3, -0.25) is 44.0 Å². The Morgan fingerprint density at radius 1 is 0.588 bits per heavy atom. The number of thiophene rings is 1. The van der Waals surface area contributed by atoms with Gasteiger partial charge >= 0.3 is 6.18 Å². The number of benzene rings is 1. The molecule has 450 valence electrons. The standard InChI is InChI=1S/C24H25F3N4O2.C19H24N4O3.C19H24N4O2S/c1-23(33,15-6-3-2-4-7-15)13-19(32)29-22-28-18-12-17(14-10-11-14)20(24(25,26)27)30-21(18)31(22)16-8-5-9-16;2*1-12-8-9-13-16(20-12)23(18(2,3)4)17(21-13)22-15(24)11-19(5,25)14-7-6-10-26-14/h2-4,6-7,12,14,16,33H,5,8-11,13H2,1H3,(H,28,29,32);2*6-10,25H,11H2,1-5H3,(H,21,22,24)/t23-;2*19-/m000/s1. The molecule has 2 saturated carbocycles. The SMILES string of the molecule is C[C@](O)(CC(=O)Nc1nc2cc(C3CC3)c(C(F)(F)F)nc2n1C1CCC1)c1ccccc1.Cc1ccc2nc(NC(=O)C[C@](C)(O)c3ccco3)n(C(C)(C)C)c2n1.Cc1ccc2nc(NC(=O)C[C@](C)(O)c3cccs3)n(C(C)(C)C)c2n1. The first-order chi connectivity index (χ1) is 39.8. The maximum atomic E-state index is 13.8. The molecule has 8 heterocycles. The van der Waals surface area contributed by atoms with Crippen LogP contribution in [-0.4, -0.2) is 76.6 Å². The minimum atomic E-state index is -4.56. The van der Waals surface area contributed by atoms with E-state index < -0.39 is 34.6 Å². The summed E-state index contributed by atoms with van der Waals surface area (Å²) in [6.45, 7) is 20.8. The largest absolute Gasteiger partial charge is 0.466 e. The molecule has 0 unspecified atom stereocenters. The van der Waals surface area contributed by atoms with E-state index in [0.717, 1.165) is 46.7 Å². The van der Waals surface area contributed by atoms with Crippen molar-refractivity contribution >= 4 is 80.4 Å². The molecule has 0 aliphatic heterocycles. The van der Waals surface area contributed by atoms with Crippen LogP contribution in [0.15, 0.2) is 101 Å². The molecule has 2 aliphatic rings. The Labute approximate surface area is 494 Å². The van der Waals surface area contributed by atoms with E-state index in [4.69, 9.17) is 4.42 Å². The second kappa shape index (κ2) is 23.5. The number of aromatic nitrogens is 9. The normalized spacial score (nSPS) is 16.1. The van der Waals surface area contributed by atoms with Gasteiger partial charge in [0.1, 0.15) is 33.5 Å². The summed E-state index contributed by atoms with van der Waals surface area (Å²) in [4.78, 5) is 65.5. The van der Waals surface area contributed by atoms with Crippen LogP contribution in [0.3, 0.4) is 0 Å². The maximum absolute atomic E-state index is 13.8. The van der Waals surface area contributed by atoms with Crippen LogP contribution in [0.25, 0.3) is 33.5 Å². The molecule has 23 heteroatoms. The number of nitrogens with one attached hydrogen (secondary N) is 3. The summed E-state index contributed by atoms with van der Waals surface area (Å²) in [5.74, 6) is 0.101. The number of nitrogens with zero attached hydrogens (tertiary/aromatic N) is 9. The summed E-state index contributed by atoms with van der Waals surface area (Å²) < 4.78 is 52.0. The fourth-order valence-corrected chi connectivity index (χ4v) is 11.1. The second-order valence-electron chi connectivity index (χ2n) is 24.7. The predicted octanol–water partition coefficient (Wildman–Crippen LogP) is 12.4. The number of halogens is 3. The van der Waals surface area contributed by atoms with Crippen molar-refractivity contribution in [3.63, 3.8) is 0 Å². The topological polar surface area (TPSA) is 253 Å². The number of amides is 3. The van der Waals surface area contributed by atoms with Gasteiger partial charge in [-0.15, -0.1) is 11.3 Å². The third-order valence-corrected chi connectivity index (χ3v) is 15.9. The van der Waals surface area contributed by atoms with Gasteiger partial charge in [-0.1, -0.05) is 36.4 Å². The van der Waals surface area contributed by atoms with Crippen LogP contribution >= 0.6 is 11.3 Å². The number of hydrogen-bond acceptors (Lipinski definition) is 14. The average Bonchev–Trinajstić information content (AvgIpc) is 1.75. The van der Waals surface area contributed by atoms with E-state index in [9.17, 15) is 42.9 Å². The maximum Gasteiger partial charge on any atom is 0.433 e. The molecule has 2 aliphatic carbocycles. The van der Waals surface area contributed by atoms with Crippen molar-refractivity contribution in [1.82, 2.24) is 43.6 Å². The van der Waals surface area contributed by atoms with Gasteiger partial charge < -0.3 is 19.7 Å². The summed E-state index contributed by atoms with van der Waals surface area (Å²) in [5, 5.41) is 42.3. The molecule has 3 amide bonds. The first-order valence-corrected chi connectivity index (χ1v) is 29.1. The molecule has 11 rings (SSSR count). The summed E-state index contributed by atoms with van der Waals surface area (Å²) in [6.07, 6.45) is 0.412. The summed E-state index contributed by atoms with van der Waals surface area (Å²) >= 11 is 1.43. The number of carbonyl (C=O) groups is 3. The van der Waals surface area contributed by atoms with Gasteiger partial charge in [0.15, 0.2) is 22.6 Å². The zero-order chi connectivity index (χ0) is 61.6. The number of rotatable bonds is 14. The van der Waals surface area contributed by atoms with Gasteiger partial charge in [-0.25, -0.2) is 29.9 Å². The van der Waals surface area contributed by atoms with Crippen molar-refractivity contribution in [3.8, 4) is 0 Å². The highest BCUT2D eigenvalue weighted by Crippen LogP contribution is 2.47. The highest BCUT2D eigenvalue weighted by molar-refractivity contribution is 7.10. The van der Waals surface area contributed by atoms with Crippen molar-refractivity contribution in [1.29, 1.82) is 0 Å². The Bertz CT molecular complexity index is 3710. The second-order valence-corrected chi connectivity index (χ2v) is 25.7. The lowest BCUT2D eigenvalue weighted by Crippen LogP contribution is -2.30. The molecule has 0 saturated heterocycles. The van der Waals surface area contributed by atoms with Crippen LogP contribution < -0.4 is 16.0 Å². The van der Waals surface area contributed by atoms with Gasteiger partial charge in [-0.05, 0) is 179 Å². The van der Waals surface area contributed by atoms with Crippen molar-refractivity contribution in [2.24, 2.45) is 0 Å². The van der Waals surface area contributed by atoms with E-state index >= 15 is 0 Å². The summed E-state index contributed by atoms with van der Waals surface area (Å²) in [5.41, 5.74) is 0.390. The lowest BCUT2D eigenvalue weighted by atomic mass is 9.92. The Morgan fingerprint density at radius 3 is 1.56 bits per heavy atom. The lowest BCUT2D eigenvalue weighted by Gasteiger charge is -2.29. The molecule has 2 fully saturated rings. The summed E-state index contributed by atoms with van der Waals surface area (Å²) in [7, 11) is 0. The number of anilines is 3. The lowest BCUT2D eigenvalue weighted by molar-refractivity contribution is -0.141. The molecule has 19 nitrogen and oxygen atoms in total. The van der Waals surface area contributed by atoms with Gasteiger partial charge in [-0.2, -0.15) is 13.2 Å². The Morgan fingerprint density at radius 2 is 1.11 bits per heavy atom. The molecule has 6 N–H and O–H groups in total. The zero-order valence-corrected chi connectivity index (χ0v) is 50.4. The predicted molar refractivity (Wildman–Crippen MR) is 320 cm³/mol. The van der Waals surface area contributed by atoms with E-state index in [2.05, 4.69) is 45.9 Å². The van der Waals surface area contributed by atoms with E-state index in [1.54, 1.807) is 61.7 Å². The van der Waals surface area contributed by atoms with Gasteiger partial charge in [0.25, 0.3) is 0 Å². The molecular weight excluding hydrogens is 1110 g/mol. The number of hydrogen-bond donors (Lipinski definition) is 6. The number of furan rings is 1. The number of fused-ring (bicyclic) bond motifs is 3. The van der Waals surface area contributed by atoms with Gasteiger partial charge in [0.05, 0.1) is 31.1 Å². The van der Waals surface area contributed by atoms with Crippen molar-refractivity contribution < 1.29 is 47.3 Å². The van der Waals surface area contributed by atoms with Crippen LogP contribution in [-0.2, 0) is 48.4 Å². The molecule has 85 heavy (non-hydrogen) atoms. The van der Waals surface area contributed by atoms with Gasteiger partial charge in [0.2, 0.25) is 35.6 Å². The highest BCUT2D eigenvalue weighted by atomic mass is 32.1. The number of imidazole rings is 3. The first kappa shape index (κ1) is 61.7.